The Labute approximate surface area is 124 Å². The second-order valence-electron chi connectivity index (χ2n) is 4.78. The Morgan fingerprint density at radius 3 is 2.84 bits per heavy atom. The van der Waals surface area contributed by atoms with Crippen molar-refractivity contribution < 1.29 is 8.42 Å². The van der Waals surface area contributed by atoms with Gasteiger partial charge in [-0.05, 0) is 24.1 Å². The van der Waals surface area contributed by atoms with Gasteiger partial charge in [-0.15, -0.1) is 11.6 Å². The topological polar surface area (TPSA) is 37.4 Å². The van der Waals surface area contributed by atoms with E-state index in [1.807, 2.05) is 30.8 Å². The molecule has 1 aliphatic heterocycles. The third-order valence-corrected chi connectivity index (χ3v) is 6.68. The van der Waals surface area contributed by atoms with Gasteiger partial charge in [0.25, 0.3) is 0 Å². The van der Waals surface area contributed by atoms with Crippen LogP contribution in [0, 0.1) is 6.92 Å². The molecule has 2 rings (SSSR count). The third kappa shape index (κ3) is 3.27. The summed E-state index contributed by atoms with van der Waals surface area (Å²) in [6.07, 6.45) is 0. The van der Waals surface area contributed by atoms with Crippen molar-refractivity contribution >= 4 is 33.4 Å². The number of hydrogen-bond acceptors (Lipinski definition) is 3. The molecule has 1 atom stereocenters. The minimum atomic E-state index is -3.40. The van der Waals surface area contributed by atoms with Crippen molar-refractivity contribution in [1.82, 2.24) is 4.31 Å². The standard InChI is InChI=1S/C13H18ClNO2S2/c1-10-3-4-12(8-14)7-13(10)19(16,17)15-5-6-18-11(2)9-15/h3-4,7,11H,5-6,8-9H2,1-2H3. The zero-order chi connectivity index (χ0) is 14.0. The van der Waals surface area contributed by atoms with Gasteiger partial charge in [0.05, 0.1) is 4.90 Å². The predicted octanol–water partition coefficient (Wildman–Crippen LogP) is 2.86. The Balaban J connectivity index is 2.38. The van der Waals surface area contributed by atoms with E-state index in [0.29, 0.717) is 29.1 Å². The molecule has 0 aromatic heterocycles. The van der Waals surface area contributed by atoms with Gasteiger partial charge in [0.1, 0.15) is 0 Å². The van der Waals surface area contributed by atoms with Gasteiger partial charge in [-0.25, -0.2) is 8.42 Å². The average molecular weight is 320 g/mol. The van der Waals surface area contributed by atoms with Crippen molar-refractivity contribution in [2.24, 2.45) is 0 Å². The van der Waals surface area contributed by atoms with E-state index >= 15 is 0 Å². The van der Waals surface area contributed by atoms with Crippen LogP contribution in [0.15, 0.2) is 23.1 Å². The van der Waals surface area contributed by atoms with Gasteiger partial charge in [0, 0.05) is 30.0 Å². The summed E-state index contributed by atoms with van der Waals surface area (Å²) in [5, 5.41) is 0.347. The summed E-state index contributed by atoms with van der Waals surface area (Å²) in [4.78, 5) is 0.393. The maximum Gasteiger partial charge on any atom is 0.243 e. The van der Waals surface area contributed by atoms with Crippen LogP contribution >= 0.6 is 23.4 Å². The number of halogens is 1. The van der Waals surface area contributed by atoms with E-state index < -0.39 is 10.0 Å². The molecule has 1 heterocycles. The zero-order valence-corrected chi connectivity index (χ0v) is 13.5. The summed E-state index contributed by atoms with van der Waals surface area (Å²) in [6.45, 7) is 5.06. The van der Waals surface area contributed by atoms with E-state index in [4.69, 9.17) is 11.6 Å². The van der Waals surface area contributed by atoms with Crippen molar-refractivity contribution in [3.63, 3.8) is 0 Å². The molecule has 0 aliphatic carbocycles. The SMILES string of the molecule is Cc1ccc(CCl)cc1S(=O)(=O)N1CCSC(C)C1. The summed E-state index contributed by atoms with van der Waals surface area (Å²) in [5.41, 5.74) is 1.62. The van der Waals surface area contributed by atoms with E-state index in [0.717, 1.165) is 16.9 Å². The molecule has 0 amide bonds. The van der Waals surface area contributed by atoms with Crippen LogP contribution in [0.3, 0.4) is 0 Å². The highest BCUT2D eigenvalue weighted by molar-refractivity contribution is 8.00. The number of rotatable bonds is 3. The van der Waals surface area contributed by atoms with E-state index in [1.165, 1.54) is 0 Å². The number of alkyl halides is 1. The fourth-order valence-corrected chi connectivity index (χ4v) is 5.34. The van der Waals surface area contributed by atoms with E-state index in [1.54, 1.807) is 10.4 Å². The Morgan fingerprint density at radius 2 is 2.21 bits per heavy atom. The summed E-state index contributed by atoms with van der Waals surface area (Å²) in [7, 11) is -3.40. The van der Waals surface area contributed by atoms with E-state index in [-0.39, 0.29) is 0 Å². The lowest BCUT2D eigenvalue weighted by molar-refractivity contribution is 0.424. The quantitative estimate of drug-likeness (QED) is 0.804. The highest BCUT2D eigenvalue weighted by Gasteiger charge is 2.30. The van der Waals surface area contributed by atoms with Crippen LogP contribution in [0.25, 0.3) is 0 Å². The number of hydrogen-bond donors (Lipinski definition) is 0. The molecular weight excluding hydrogens is 302 g/mol. The maximum absolute atomic E-state index is 12.7. The smallest absolute Gasteiger partial charge is 0.207 e. The lowest BCUT2D eigenvalue weighted by Gasteiger charge is -2.30. The molecule has 1 aliphatic rings. The molecule has 1 saturated heterocycles. The molecule has 3 nitrogen and oxygen atoms in total. The molecular formula is C13H18ClNO2S2. The van der Waals surface area contributed by atoms with Gasteiger partial charge >= 0.3 is 0 Å². The van der Waals surface area contributed by atoms with E-state index in [2.05, 4.69) is 6.92 Å². The molecule has 1 unspecified atom stereocenters. The lowest BCUT2D eigenvalue weighted by Crippen LogP contribution is -2.41. The van der Waals surface area contributed by atoms with Gasteiger partial charge in [-0.2, -0.15) is 16.1 Å². The zero-order valence-electron chi connectivity index (χ0n) is 11.1. The Hall–Kier alpha value is -0.230. The van der Waals surface area contributed by atoms with Gasteiger partial charge in [-0.1, -0.05) is 19.1 Å². The number of sulfonamides is 1. The van der Waals surface area contributed by atoms with Crippen molar-refractivity contribution in [1.29, 1.82) is 0 Å². The van der Waals surface area contributed by atoms with Gasteiger partial charge in [0.15, 0.2) is 0 Å². The summed E-state index contributed by atoms with van der Waals surface area (Å²) in [5.74, 6) is 1.18. The molecule has 1 aromatic carbocycles. The first-order valence-corrected chi connectivity index (χ1v) is 9.24. The molecule has 106 valence electrons. The second-order valence-corrected chi connectivity index (χ2v) is 8.50. The summed E-state index contributed by atoms with van der Waals surface area (Å²) in [6, 6.07) is 5.40. The van der Waals surface area contributed by atoms with Crippen molar-refractivity contribution in [3.8, 4) is 0 Å². The number of aryl methyl sites for hydroxylation is 1. The molecule has 6 heteroatoms. The Kier molecular flexibility index (Phi) is 4.82. The van der Waals surface area contributed by atoms with Crippen LogP contribution in [-0.4, -0.2) is 36.8 Å². The first-order valence-electron chi connectivity index (χ1n) is 6.22. The molecule has 0 N–H and O–H groups in total. The molecule has 0 bridgehead atoms. The fraction of sp³-hybridized carbons (Fsp3) is 0.538. The first kappa shape index (κ1) is 15.2. The second kappa shape index (κ2) is 6.04. The van der Waals surface area contributed by atoms with Crippen molar-refractivity contribution in [2.45, 2.75) is 29.9 Å². The predicted molar refractivity (Wildman–Crippen MR) is 81.4 cm³/mol. The Morgan fingerprint density at radius 1 is 1.47 bits per heavy atom. The summed E-state index contributed by atoms with van der Waals surface area (Å²) < 4.78 is 27.0. The van der Waals surface area contributed by atoms with Crippen LogP contribution < -0.4 is 0 Å². The van der Waals surface area contributed by atoms with Gasteiger partial charge in [0.2, 0.25) is 10.0 Å². The van der Waals surface area contributed by atoms with Crippen molar-refractivity contribution in [3.05, 3.63) is 29.3 Å². The van der Waals surface area contributed by atoms with E-state index in [9.17, 15) is 8.42 Å². The molecule has 0 radical (unpaired) electrons. The van der Waals surface area contributed by atoms with Crippen LogP contribution in [0.5, 0.6) is 0 Å². The largest absolute Gasteiger partial charge is 0.243 e. The number of benzene rings is 1. The normalized spacial score (nSPS) is 21.5. The van der Waals surface area contributed by atoms with Crippen LogP contribution in [0.1, 0.15) is 18.1 Å². The Bertz CT molecular complexity index is 560. The highest BCUT2D eigenvalue weighted by atomic mass is 35.5. The van der Waals surface area contributed by atoms with Crippen LogP contribution in [-0.2, 0) is 15.9 Å². The molecule has 0 saturated carbocycles. The molecule has 19 heavy (non-hydrogen) atoms. The lowest BCUT2D eigenvalue weighted by atomic mass is 10.2. The average Bonchev–Trinajstić information content (AvgIpc) is 2.39. The monoisotopic (exact) mass is 319 g/mol. The minimum Gasteiger partial charge on any atom is -0.207 e. The maximum atomic E-state index is 12.7. The van der Waals surface area contributed by atoms with Crippen molar-refractivity contribution in [2.75, 3.05) is 18.8 Å². The summed E-state index contributed by atoms with van der Waals surface area (Å²) >= 11 is 7.62. The fourth-order valence-electron chi connectivity index (χ4n) is 2.15. The molecule has 1 aromatic rings. The van der Waals surface area contributed by atoms with Gasteiger partial charge < -0.3 is 0 Å². The molecule has 0 spiro atoms. The number of thioether (sulfide) groups is 1. The third-order valence-electron chi connectivity index (χ3n) is 3.23. The first-order chi connectivity index (χ1) is 8.95. The highest BCUT2D eigenvalue weighted by Crippen LogP contribution is 2.26. The van der Waals surface area contributed by atoms with Crippen LogP contribution in [0.4, 0.5) is 0 Å². The van der Waals surface area contributed by atoms with Crippen LogP contribution in [0.2, 0.25) is 0 Å². The molecule has 1 fully saturated rings. The van der Waals surface area contributed by atoms with Gasteiger partial charge in [-0.3, -0.25) is 0 Å². The minimum absolute atomic E-state index is 0.328. The number of nitrogens with zero attached hydrogens (tertiary/aromatic N) is 1.